The van der Waals surface area contributed by atoms with E-state index in [0.717, 1.165) is 11.1 Å². The van der Waals surface area contributed by atoms with Crippen LogP contribution in [-0.4, -0.2) is 13.2 Å². The zero-order valence-electron chi connectivity index (χ0n) is 12.3. The van der Waals surface area contributed by atoms with Crippen LogP contribution in [0.5, 0.6) is 11.5 Å². The minimum atomic E-state index is 0.199. The van der Waals surface area contributed by atoms with E-state index in [2.05, 4.69) is 0 Å². The molecule has 2 aromatic carbocycles. The highest BCUT2D eigenvalue weighted by atomic mass is 35.5. The number of fused-ring (bicyclic) bond motifs is 1. The topological polar surface area (TPSA) is 55.4 Å². The number of ether oxygens (including phenoxy) is 2. The molecule has 0 amide bonds. The van der Waals surface area contributed by atoms with Crippen LogP contribution >= 0.6 is 11.6 Å². The number of nitriles is 1. The Kier molecular flexibility index (Phi) is 4.70. The lowest BCUT2D eigenvalue weighted by Crippen LogP contribution is -2.05. The summed E-state index contributed by atoms with van der Waals surface area (Å²) in [4.78, 5) is 0. The number of hydrogen-bond donors (Lipinski definition) is 0. The van der Waals surface area contributed by atoms with Crippen LogP contribution < -0.4 is 9.47 Å². The molecule has 0 aliphatic heterocycles. The second-order valence-corrected chi connectivity index (χ2v) is 5.31. The van der Waals surface area contributed by atoms with Crippen LogP contribution in [0, 0.1) is 11.3 Å². The van der Waals surface area contributed by atoms with Crippen molar-refractivity contribution in [3.05, 3.63) is 59.3 Å². The number of rotatable bonds is 6. The van der Waals surface area contributed by atoms with Gasteiger partial charge in [0.2, 0.25) is 5.76 Å². The third-order valence-electron chi connectivity index (χ3n) is 3.27. The van der Waals surface area contributed by atoms with Gasteiger partial charge in [-0.3, -0.25) is 0 Å². The van der Waals surface area contributed by atoms with E-state index >= 15 is 0 Å². The normalized spacial score (nSPS) is 10.4. The molecule has 1 aromatic heterocycles. The van der Waals surface area contributed by atoms with Crippen molar-refractivity contribution in [3.63, 3.8) is 0 Å². The fourth-order valence-corrected chi connectivity index (χ4v) is 2.32. The number of benzene rings is 2. The van der Waals surface area contributed by atoms with Gasteiger partial charge in [-0.2, -0.15) is 5.26 Å². The SMILES string of the molecule is N#Cc1oc2ccccc2c1OCCCOc1ccc(Cl)cc1. The molecule has 3 rings (SSSR count). The first kappa shape index (κ1) is 15.3. The maximum Gasteiger partial charge on any atom is 0.246 e. The van der Waals surface area contributed by atoms with Crippen molar-refractivity contribution in [2.75, 3.05) is 13.2 Å². The molecule has 0 saturated carbocycles. The molecule has 0 spiro atoms. The molecular weight excluding hydrogens is 314 g/mol. The average molecular weight is 328 g/mol. The van der Waals surface area contributed by atoms with E-state index in [1.807, 2.05) is 42.5 Å². The molecule has 0 atom stereocenters. The summed E-state index contributed by atoms with van der Waals surface area (Å²) in [5.41, 5.74) is 0.650. The smallest absolute Gasteiger partial charge is 0.246 e. The van der Waals surface area contributed by atoms with Gasteiger partial charge in [-0.05, 0) is 36.4 Å². The molecular formula is C18H14ClNO3. The van der Waals surface area contributed by atoms with Gasteiger partial charge in [0, 0.05) is 11.4 Å². The zero-order chi connectivity index (χ0) is 16.1. The Balaban J connectivity index is 1.55. The molecule has 0 N–H and O–H groups in total. The number of para-hydroxylation sites is 1. The molecule has 4 nitrogen and oxygen atoms in total. The van der Waals surface area contributed by atoms with Crippen molar-refractivity contribution in [1.29, 1.82) is 5.26 Å². The molecule has 0 aliphatic carbocycles. The van der Waals surface area contributed by atoms with E-state index in [4.69, 9.17) is 30.8 Å². The number of furan rings is 1. The van der Waals surface area contributed by atoms with Gasteiger partial charge in [-0.1, -0.05) is 23.7 Å². The van der Waals surface area contributed by atoms with Gasteiger partial charge < -0.3 is 13.9 Å². The van der Waals surface area contributed by atoms with E-state index in [9.17, 15) is 0 Å². The van der Waals surface area contributed by atoms with Crippen molar-refractivity contribution >= 4 is 22.6 Å². The molecule has 116 valence electrons. The van der Waals surface area contributed by atoms with Crippen LogP contribution in [0.3, 0.4) is 0 Å². The minimum absolute atomic E-state index is 0.199. The predicted octanol–water partition coefficient (Wildman–Crippen LogP) is 4.81. The largest absolute Gasteiger partial charge is 0.493 e. The lowest BCUT2D eigenvalue weighted by atomic mass is 10.2. The Morgan fingerprint density at radius 3 is 2.52 bits per heavy atom. The van der Waals surface area contributed by atoms with Gasteiger partial charge in [-0.25, -0.2) is 0 Å². The summed E-state index contributed by atoms with van der Waals surface area (Å²) >= 11 is 5.82. The third kappa shape index (κ3) is 3.58. The third-order valence-corrected chi connectivity index (χ3v) is 3.52. The molecule has 0 saturated heterocycles. The van der Waals surface area contributed by atoms with Crippen LogP contribution in [0.25, 0.3) is 11.0 Å². The van der Waals surface area contributed by atoms with Crippen molar-refractivity contribution in [1.82, 2.24) is 0 Å². The second kappa shape index (κ2) is 7.08. The lowest BCUT2D eigenvalue weighted by molar-refractivity contribution is 0.247. The highest BCUT2D eigenvalue weighted by Crippen LogP contribution is 2.32. The summed E-state index contributed by atoms with van der Waals surface area (Å²) in [5.74, 6) is 1.46. The first-order valence-electron chi connectivity index (χ1n) is 7.21. The molecule has 0 unspecified atom stereocenters. The highest BCUT2D eigenvalue weighted by molar-refractivity contribution is 6.30. The lowest BCUT2D eigenvalue weighted by Gasteiger charge is -2.07. The number of halogens is 1. The van der Waals surface area contributed by atoms with Gasteiger partial charge in [-0.15, -0.1) is 0 Å². The fraction of sp³-hybridized carbons (Fsp3) is 0.167. The molecule has 0 radical (unpaired) electrons. The molecule has 3 aromatic rings. The monoisotopic (exact) mass is 327 g/mol. The van der Waals surface area contributed by atoms with Crippen molar-refractivity contribution in [2.24, 2.45) is 0 Å². The van der Waals surface area contributed by atoms with Crippen LogP contribution in [-0.2, 0) is 0 Å². The summed E-state index contributed by atoms with van der Waals surface area (Å²) in [7, 11) is 0. The zero-order valence-corrected chi connectivity index (χ0v) is 13.0. The summed E-state index contributed by atoms with van der Waals surface area (Å²) < 4.78 is 16.8. The number of hydrogen-bond acceptors (Lipinski definition) is 4. The standard InChI is InChI=1S/C18H14ClNO3/c19-13-6-8-14(9-7-13)21-10-3-11-22-18-15-4-1-2-5-16(15)23-17(18)12-20/h1-2,4-9H,3,10-11H2. The quantitative estimate of drug-likeness (QED) is 0.610. The Morgan fingerprint density at radius 1 is 1.00 bits per heavy atom. The van der Waals surface area contributed by atoms with Gasteiger partial charge in [0.1, 0.15) is 17.4 Å². The van der Waals surface area contributed by atoms with E-state index < -0.39 is 0 Å². The average Bonchev–Trinajstić information content (AvgIpc) is 2.94. The highest BCUT2D eigenvalue weighted by Gasteiger charge is 2.14. The summed E-state index contributed by atoms with van der Waals surface area (Å²) in [6.45, 7) is 0.950. The van der Waals surface area contributed by atoms with Crippen molar-refractivity contribution in [2.45, 2.75) is 6.42 Å². The molecule has 1 heterocycles. The summed E-state index contributed by atoms with van der Waals surface area (Å²) in [5, 5.41) is 10.6. The Bertz CT molecular complexity index is 834. The van der Waals surface area contributed by atoms with E-state index in [1.165, 1.54) is 0 Å². The predicted molar refractivity (Wildman–Crippen MR) is 88.0 cm³/mol. The van der Waals surface area contributed by atoms with Gasteiger partial charge in [0.15, 0.2) is 5.75 Å². The Labute approximate surface area is 138 Å². The fourth-order valence-electron chi connectivity index (χ4n) is 2.19. The Morgan fingerprint density at radius 2 is 1.74 bits per heavy atom. The maximum atomic E-state index is 9.13. The number of nitrogens with zero attached hydrogens (tertiary/aromatic N) is 1. The van der Waals surface area contributed by atoms with Crippen molar-refractivity contribution in [3.8, 4) is 17.6 Å². The Hall–Kier alpha value is -2.64. The van der Waals surface area contributed by atoms with Gasteiger partial charge in [0.05, 0.1) is 18.6 Å². The van der Waals surface area contributed by atoms with E-state index in [0.29, 0.717) is 36.0 Å². The maximum absolute atomic E-state index is 9.13. The van der Waals surface area contributed by atoms with E-state index in [-0.39, 0.29) is 5.76 Å². The van der Waals surface area contributed by atoms with Crippen LogP contribution in [0.1, 0.15) is 12.2 Å². The van der Waals surface area contributed by atoms with Gasteiger partial charge >= 0.3 is 0 Å². The molecule has 5 heteroatoms. The molecule has 0 bridgehead atoms. The van der Waals surface area contributed by atoms with Crippen LogP contribution in [0.2, 0.25) is 5.02 Å². The molecule has 23 heavy (non-hydrogen) atoms. The van der Waals surface area contributed by atoms with E-state index in [1.54, 1.807) is 12.1 Å². The second-order valence-electron chi connectivity index (χ2n) is 4.87. The molecule has 0 fully saturated rings. The first-order valence-corrected chi connectivity index (χ1v) is 7.58. The first-order chi connectivity index (χ1) is 11.3. The summed E-state index contributed by atoms with van der Waals surface area (Å²) in [6, 6.07) is 16.7. The van der Waals surface area contributed by atoms with Gasteiger partial charge in [0.25, 0.3) is 0 Å². The van der Waals surface area contributed by atoms with Crippen molar-refractivity contribution < 1.29 is 13.9 Å². The minimum Gasteiger partial charge on any atom is -0.493 e. The van der Waals surface area contributed by atoms with Crippen LogP contribution in [0.4, 0.5) is 0 Å². The van der Waals surface area contributed by atoms with Crippen LogP contribution in [0.15, 0.2) is 52.9 Å². The summed E-state index contributed by atoms with van der Waals surface area (Å²) in [6.07, 6.45) is 0.688. The molecule has 0 aliphatic rings.